The molecular weight excluding hydrogens is 302 g/mol. The Morgan fingerprint density at radius 3 is 2.00 bits per heavy atom. The van der Waals surface area contributed by atoms with E-state index in [-0.39, 0.29) is 11.6 Å². The largest absolute Gasteiger partial charge is 0.206 e. The zero-order valence-electron chi connectivity index (χ0n) is 14.4. The van der Waals surface area contributed by atoms with Crippen LogP contribution in [0, 0.1) is 24.5 Å². The Bertz CT molecular complexity index is 738. The molecule has 0 heterocycles. The van der Waals surface area contributed by atoms with Gasteiger partial charge in [-0.2, -0.15) is 0 Å². The van der Waals surface area contributed by atoms with Crippen LogP contribution in [0.25, 0.3) is 12.2 Å². The van der Waals surface area contributed by atoms with Crippen molar-refractivity contribution in [2.45, 2.75) is 45.4 Å². The SMILES string of the molecule is Cc1ccc(/C=C/c2ccc(C3CCC(C)CC3)cc2F)c(F)c1. The highest BCUT2D eigenvalue weighted by Gasteiger charge is 2.20. The maximum atomic E-state index is 14.4. The van der Waals surface area contributed by atoms with Gasteiger partial charge in [-0.05, 0) is 54.9 Å². The predicted octanol–water partition coefficient (Wildman–Crippen LogP) is 6.74. The van der Waals surface area contributed by atoms with E-state index in [0.717, 1.165) is 29.9 Å². The number of hydrogen-bond acceptors (Lipinski definition) is 0. The molecule has 1 aliphatic rings. The average Bonchev–Trinajstić information content (AvgIpc) is 2.56. The van der Waals surface area contributed by atoms with E-state index >= 15 is 0 Å². The lowest BCUT2D eigenvalue weighted by atomic mass is 9.79. The molecule has 1 fully saturated rings. The van der Waals surface area contributed by atoms with Gasteiger partial charge in [0, 0.05) is 11.1 Å². The molecule has 0 saturated heterocycles. The highest BCUT2D eigenvalue weighted by Crippen LogP contribution is 2.36. The zero-order valence-corrected chi connectivity index (χ0v) is 14.4. The van der Waals surface area contributed by atoms with Crippen molar-refractivity contribution in [2.75, 3.05) is 0 Å². The Labute approximate surface area is 143 Å². The standard InChI is InChI=1S/C22H24F2/c1-15-3-6-17(7-4-15)20-12-11-19(22(24)14-20)10-9-18-8-5-16(2)13-21(18)23/h5,8-15,17H,3-4,6-7H2,1-2H3/b10-9+. The second-order valence-electron chi connectivity index (χ2n) is 7.10. The van der Waals surface area contributed by atoms with Crippen molar-refractivity contribution in [3.05, 3.63) is 70.3 Å². The van der Waals surface area contributed by atoms with Crippen LogP contribution in [-0.4, -0.2) is 0 Å². The molecule has 0 radical (unpaired) electrons. The Balaban J connectivity index is 1.76. The minimum absolute atomic E-state index is 0.227. The van der Waals surface area contributed by atoms with E-state index in [4.69, 9.17) is 0 Å². The zero-order chi connectivity index (χ0) is 17.1. The Morgan fingerprint density at radius 2 is 1.42 bits per heavy atom. The maximum absolute atomic E-state index is 14.4. The Hall–Kier alpha value is -1.96. The highest BCUT2D eigenvalue weighted by molar-refractivity contribution is 5.70. The van der Waals surface area contributed by atoms with Gasteiger partial charge in [0.15, 0.2) is 0 Å². The summed E-state index contributed by atoms with van der Waals surface area (Å²) in [4.78, 5) is 0. The van der Waals surface area contributed by atoms with Crippen LogP contribution < -0.4 is 0 Å². The van der Waals surface area contributed by atoms with Crippen LogP contribution in [0.3, 0.4) is 0 Å². The van der Waals surface area contributed by atoms with Crippen LogP contribution in [0.4, 0.5) is 8.78 Å². The average molecular weight is 326 g/mol. The molecule has 0 unspecified atom stereocenters. The van der Waals surface area contributed by atoms with Crippen molar-refractivity contribution in [3.63, 3.8) is 0 Å². The molecule has 1 saturated carbocycles. The molecule has 2 aromatic carbocycles. The molecule has 0 nitrogen and oxygen atoms in total. The molecule has 3 rings (SSSR count). The number of hydrogen-bond donors (Lipinski definition) is 0. The van der Waals surface area contributed by atoms with Crippen molar-refractivity contribution in [3.8, 4) is 0 Å². The molecule has 2 aromatic rings. The van der Waals surface area contributed by atoms with Gasteiger partial charge in [0.25, 0.3) is 0 Å². The first-order chi connectivity index (χ1) is 11.5. The molecule has 0 aromatic heterocycles. The third-order valence-electron chi connectivity index (χ3n) is 5.11. The summed E-state index contributed by atoms with van der Waals surface area (Å²) in [7, 11) is 0. The predicted molar refractivity (Wildman–Crippen MR) is 96.8 cm³/mol. The summed E-state index contributed by atoms with van der Waals surface area (Å²) in [5.74, 6) is 0.760. The smallest absolute Gasteiger partial charge is 0.130 e. The molecule has 126 valence electrons. The van der Waals surface area contributed by atoms with Crippen molar-refractivity contribution in [1.82, 2.24) is 0 Å². The van der Waals surface area contributed by atoms with E-state index in [1.807, 2.05) is 25.1 Å². The monoisotopic (exact) mass is 326 g/mol. The van der Waals surface area contributed by atoms with Gasteiger partial charge in [-0.3, -0.25) is 0 Å². The maximum Gasteiger partial charge on any atom is 0.130 e. The first-order valence-corrected chi connectivity index (χ1v) is 8.76. The third kappa shape index (κ3) is 3.92. The third-order valence-corrected chi connectivity index (χ3v) is 5.11. The number of aryl methyl sites for hydroxylation is 1. The quantitative estimate of drug-likeness (QED) is 0.548. The summed E-state index contributed by atoms with van der Waals surface area (Å²) < 4.78 is 28.3. The lowest BCUT2D eigenvalue weighted by Crippen LogP contribution is -2.11. The summed E-state index contributed by atoms with van der Waals surface area (Å²) in [6.45, 7) is 4.13. The van der Waals surface area contributed by atoms with E-state index in [1.165, 1.54) is 18.9 Å². The fraction of sp³-hybridized carbons (Fsp3) is 0.364. The molecule has 0 N–H and O–H groups in total. The Kier molecular flexibility index (Phi) is 5.13. The van der Waals surface area contributed by atoms with Crippen molar-refractivity contribution in [1.29, 1.82) is 0 Å². The Morgan fingerprint density at radius 1 is 0.833 bits per heavy atom. The van der Waals surface area contributed by atoms with Crippen molar-refractivity contribution < 1.29 is 8.78 Å². The topological polar surface area (TPSA) is 0 Å². The summed E-state index contributed by atoms with van der Waals surface area (Å²) in [6, 6.07) is 10.6. The minimum atomic E-state index is -0.278. The minimum Gasteiger partial charge on any atom is -0.206 e. The van der Waals surface area contributed by atoms with Crippen LogP contribution in [0.5, 0.6) is 0 Å². The van der Waals surface area contributed by atoms with Crippen LogP contribution in [0.2, 0.25) is 0 Å². The summed E-state index contributed by atoms with van der Waals surface area (Å²) >= 11 is 0. The molecule has 0 bridgehead atoms. The fourth-order valence-corrected chi connectivity index (χ4v) is 3.47. The van der Waals surface area contributed by atoms with Crippen LogP contribution in [0.15, 0.2) is 36.4 Å². The molecule has 0 spiro atoms. The van der Waals surface area contributed by atoms with E-state index in [2.05, 4.69) is 6.92 Å². The van der Waals surface area contributed by atoms with Gasteiger partial charge < -0.3 is 0 Å². The van der Waals surface area contributed by atoms with Gasteiger partial charge in [-0.1, -0.05) is 56.2 Å². The number of rotatable bonds is 3. The normalized spacial score (nSPS) is 21.3. The first kappa shape index (κ1) is 16.9. The molecule has 0 aliphatic heterocycles. The first-order valence-electron chi connectivity index (χ1n) is 8.76. The molecule has 2 heteroatoms. The van der Waals surface area contributed by atoms with Gasteiger partial charge in [0.2, 0.25) is 0 Å². The van der Waals surface area contributed by atoms with Gasteiger partial charge in [0.05, 0.1) is 0 Å². The van der Waals surface area contributed by atoms with Gasteiger partial charge >= 0.3 is 0 Å². The summed E-state index contributed by atoms with van der Waals surface area (Å²) in [5, 5.41) is 0. The molecule has 1 aliphatic carbocycles. The van der Waals surface area contributed by atoms with E-state index in [0.29, 0.717) is 17.0 Å². The van der Waals surface area contributed by atoms with Crippen LogP contribution >= 0.6 is 0 Å². The van der Waals surface area contributed by atoms with E-state index < -0.39 is 0 Å². The number of halogens is 2. The summed E-state index contributed by atoms with van der Waals surface area (Å²) in [5.41, 5.74) is 2.95. The van der Waals surface area contributed by atoms with E-state index in [9.17, 15) is 8.78 Å². The molecule has 24 heavy (non-hydrogen) atoms. The number of benzene rings is 2. The van der Waals surface area contributed by atoms with Gasteiger partial charge in [-0.15, -0.1) is 0 Å². The summed E-state index contributed by atoms with van der Waals surface area (Å²) in [6.07, 6.45) is 8.01. The van der Waals surface area contributed by atoms with E-state index in [1.54, 1.807) is 24.3 Å². The second-order valence-corrected chi connectivity index (χ2v) is 7.10. The highest BCUT2D eigenvalue weighted by atomic mass is 19.1. The van der Waals surface area contributed by atoms with Crippen molar-refractivity contribution >= 4 is 12.2 Å². The lowest BCUT2D eigenvalue weighted by Gasteiger charge is -2.26. The second kappa shape index (κ2) is 7.29. The molecule has 0 amide bonds. The van der Waals surface area contributed by atoms with Crippen LogP contribution in [0.1, 0.15) is 60.8 Å². The lowest BCUT2D eigenvalue weighted by molar-refractivity contribution is 0.347. The van der Waals surface area contributed by atoms with Gasteiger partial charge in [0.1, 0.15) is 11.6 Å². The molecular formula is C22H24F2. The molecule has 0 atom stereocenters. The van der Waals surface area contributed by atoms with Gasteiger partial charge in [-0.25, -0.2) is 8.78 Å². The van der Waals surface area contributed by atoms with Crippen LogP contribution in [-0.2, 0) is 0 Å². The fourth-order valence-electron chi connectivity index (χ4n) is 3.47. The van der Waals surface area contributed by atoms with Crippen molar-refractivity contribution in [2.24, 2.45) is 5.92 Å².